The Morgan fingerprint density at radius 3 is 2.33 bits per heavy atom. The molecule has 0 bridgehead atoms. The fourth-order valence-corrected chi connectivity index (χ4v) is 2.32. The Labute approximate surface area is 93.2 Å². The molecule has 0 rings (SSSR count). The highest BCUT2D eigenvalue weighted by atomic mass is 32.2. The van der Waals surface area contributed by atoms with Gasteiger partial charge in [0.05, 0.1) is 5.75 Å². The molecule has 1 unspecified atom stereocenters. The molecular formula is C11H22O3S. The van der Waals surface area contributed by atoms with E-state index in [0.29, 0.717) is 12.8 Å². The quantitative estimate of drug-likeness (QED) is 0.647. The lowest BCUT2D eigenvalue weighted by molar-refractivity contribution is -0.122. The molecule has 0 amide bonds. The Balaban J connectivity index is 3.82. The minimum Gasteiger partial charge on any atom is -0.299 e. The van der Waals surface area contributed by atoms with Crippen molar-refractivity contribution in [3.63, 3.8) is 0 Å². The van der Waals surface area contributed by atoms with Crippen molar-refractivity contribution < 1.29 is 13.2 Å². The topological polar surface area (TPSA) is 51.2 Å². The second-order valence-corrected chi connectivity index (χ2v) is 6.47. The van der Waals surface area contributed by atoms with Crippen LogP contribution in [0.15, 0.2) is 0 Å². The van der Waals surface area contributed by atoms with Gasteiger partial charge in [0.25, 0.3) is 0 Å². The van der Waals surface area contributed by atoms with Crippen molar-refractivity contribution in [2.75, 3.05) is 11.5 Å². The summed E-state index contributed by atoms with van der Waals surface area (Å²) in [5.74, 6) is 0.599. The lowest BCUT2D eigenvalue weighted by Crippen LogP contribution is -2.14. The number of carbonyl (C=O) groups is 1. The fraction of sp³-hybridized carbons (Fsp3) is 0.909. The summed E-state index contributed by atoms with van der Waals surface area (Å²) >= 11 is 0. The predicted molar refractivity (Wildman–Crippen MR) is 62.6 cm³/mol. The molecule has 0 N–H and O–H groups in total. The molecule has 0 aromatic heterocycles. The molecule has 0 radical (unpaired) electrons. The zero-order valence-corrected chi connectivity index (χ0v) is 10.8. The summed E-state index contributed by atoms with van der Waals surface area (Å²) < 4.78 is 22.3. The highest BCUT2D eigenvalue weighted by Gasteiger charge is 2.13. The average Bonchev–Trinajstić information content (AvgIpc) is 2.18. The minimum absolute atomic E-state index is 0.0827. The van der Waals surface area contributed by atoms with Gasteiger partial charge in [0.1, 0.15) is 15.6 Å². The first-order chi connectivity index (χ1) is 6.93. The van der Waals surface area contributed by atoms with E-state index in [1.807, 2.05) is 13.8 Å². The van der Waals surface area contributed by atoms with E-state index in [1.165, 1.54) is 0 Å². The monoisotopic (exact) mass is 234 g/mol. The van der Waals surface area contributed by atoms with Crippen LogP contribution in [0.5, 0.6) is 0 Å². The smallest absolute Gasteiger partial charge is 0.150 e. The molecule has 0 aliphatic carbocycles. The van der Waals surface area contributed by atoms with Gasteiger partial charge in [-0.1, -0.05) is 27.2 Å². The van der Waals surface area contributed by atoms with Gasteiger partial charge in [-0.2, -0.15) is 0 Å². The number of hydrogen-bond acceptors (Lipinski definition) is 3. The van der Waals surface area contributed by atoms with Crippen molar-refractivity contribution in [1.29, 1.82) is 0 Å². The number of ketones is 1. The third-order valence-electron chi connectivity index (χ3n) is 2.59. The van der Waals surface area contributed by atoms with Crippen molar-refractivity contribution in [1.82, 2.24) is 0 Å². The molecule has 0 saturated heterocycles. The van der Waals surface area contributed by atoms with E-state index in [-0.39, 0.29) is 23.2 Å². The molecule has 0 spiro atoms. The first kappa shape index (κ1) is 14.6. The van der Waals surface area contributed by atoms with Gasteiger partial charge in [-0.25, -0.2) is 8.42 Å². The predicted octanol–water partition coefficient (Wildman–Crippen LogP) is 2.21. The third kappa shape index (κ3) is 6.66. The van der Waals surface area contributed by atoms with Crippen LogP contribution in [-0.4, -0.2) is 25.7 Å². The van der Waals surface area contributed by atoms with Crippen molar-refractivity contribution in [3.8, 4) is 0 Å². The molecule has 0 aromatic carbocycles. The van der Waals surface area contributed by atoms with E-state index in [9.17, 15) is 13.2 Å². The van der Waals surface area contributed by atoms with Crippen molar-refractivity contribution in [2.24, 2.45) is 5.92 Å². The summed E-state index contributed by atoms with van der Waals surface area (Å²) in [5.41, 5.74) is 0. The summed E-state index contributed by atoms with van der Waals surface area (Å²) in [6, 6.07) is 0. The summed E-state index contributed by atoms with van der Waals surface area (Å²) in [6.07, 6.45) is 2.78. The summed E-state index contributed by atoms with van der Waals surface area (Å²) in [5, 5.41) is 0. The van der Waals surface area contributed by atoms with Crippen LogP contribution in [-0.2, 0) is 14.6 Å². The van der Waals surface area contributed by atoms with Gasteiger partial charge in [-0.3, -0.25) is 4.79 Å². The van der Waals surface area contributed by atoms with Crippen molar-refractivity contribution in [3.05, 3.63) is 0 Å². The first-order valence-electron chi connectivity index (χ1n) is 5.66. The summed E-state index contributed by atoms with van der Waals surface area (Å²) in [7, 11) is -2.91. The molecule has 90 valence electrons. The zero-order chi connectivity index (χ0) is 11.9. The lowest BCUT2D eigenvalue weighted by Gasteiger charge is -2.08. The Bertz CT molecular complexity index is 280. The molecule has 0 saturated carbocycles. The van der Waals surface area contributed by atoms with Gasteiger partial charge < -0.3 is 0 Å². The highest BCUT2D eigenvalue weighted by molar-refractivity contribution is 7.91. The highest BCUT2D eigenvalue weighted by Crippen LogP contribution is 2.10. The Morgan fingerprint density at radius 1 is 1.27 bits per heavy atom. The molecule has 4 heteroatoms. The third-order valence-corrected chi connectivity index (χ3v) is 4.38. The number of rotatable bonds is 8. The molecule has 0 aliphatic heterocycles. The van der Waals surface area contributed by atoms with Crippen LogP contribution in [0, 0.1) is 5.92 Å². The molecule has 15 heavy (non-hydrogen) atoms. The summed E-state index contributed by atoms with van der Waals surface area (Å²) in [6.45, 7) is 5.60. The van der Waals surface area contributed by atoms with Crippen molar-refractivity contribution >= 4 is 15.6 Å². The van der Waals surface area contributed by atoms with Crippen LogP contribution in [0.4, 0.5) is 0 Å². The average molecular weight is 234 g/mol. The molecule has 0 aromatic rings. The maximum atomic E-state index is 11.5. The van der Waals surface area contributed by atoms with Crippen LogP contribution < -0.4 is 0 Å². The van der Waals surface area contributed by atoms with Gasteiger partial charge in [-0.15, -0.1) is 0 Å². The van der Waals surface area contributed by atoms with E-state index in [1.54, 1.807) is 6.92 Å². The number of Topliss-reactive ketones (excluding diaryl/α,β-unsaturated/α-hetero) is 1. The summed E-state index contributed by atoms with van der Waals surface area (Å²) in [4.78, 5) is 11.5. The van der Waals surface area contributed by atoms with E-state index in [2.05, 4.69) is 0 Å². The molecule has 3 nitrogen and oxygen atoms in total. The number of hydrogen-bond donors (Lipinski definition) is 0. The molecule has 1 atom stereocenters. The van der Waals surface area contributed by atoms with Crippen LogP contribution in [0.1, 0.15) is 46.5 Å². The van der Waals surface area contributed by atoms with Crippen LogP contribution in [0.2, 0.25) is 0 Å². The molecular weight excluding hydrogens is 212 g/mol. The van der Waals surface area contributed by atoms with Gasteiger partial charge in [0.15, 0.2) is 0 Å². The van der Waals surface area contributed by atoms with E-state index >= 15 is 0 Å². The normalized spacial score (nSPS) is 13.8. The molecule has 0 aliphatic rings. The maximum absolute atomic E-state index is 11.5. The van der Waals surface area contributed by atoms with E-state index < -0.39 is 9.84 Å². The van der Waals surface area contributed by atoms with Gasteiger partial charge >= 0.3 is 0 Å². The van der Waals surface area contributed by atoms with Crippen LogP contribution in [0.25, 0.3) is 0 Å². The number of carbonyl (C=O) groups excluding carboxylic acids is 1. The first-order valence-corrected chi connectivity index (χ1v) is 7.48. The Kier molecular flexibility index (Phi) is 6.81. The standard InChI is InChI=1S/C11H22O3S/c1-4-7-10(3)11(12)8-6-9-15(13,14)5-2/h10H,4-9H2,1-3H3. The SMILES string of the molecule is CCCC(C)C(=O)CCCS(=O)(=O)CC. The van der Waals surface area contributed by atoms with Crippen LogP contribution in [0.3, 0.4) is 0 Å². The van der Waals surface area contributed by atoms with Gasteiger partial charge in [0, 0.05) is 18.1 Å². The Morgan fingerprint density at radius 2 is 1.87 bits per heavy atom. The van der Waals surface area contributed by atoms with E-state index in [0.717, 1.165) is 12.8 Å². The van der Waals surface area contributed by atoms with Gasteiger partial charge in [0.2, 0.25) is 0 Å². The minimum atomic E-state index is -2.91. The van der Waals surface area contributed by atoms with E-state index in [4.69, 9.17) is 0 Å². The van der Waals surface area contributed by atoms with Crippen LogP contribution >= 0.6 is 0 Å². The largest absolute Gasteiger partial charge is 0.299 e. The Hall–Kier alpha value is -0.380. The molecule has 0 heterocycles. The lowest BCUT2D eigenvalue weighted by atomic mass is 9.98. The van der Waals surface area contributed by atoms with Gasteiger partial charge in [-0.05, 0) is 12.8 Å². The second kappa shape index (κ2) is 6.99. The number of sulfone groups is 1. The fourth-order valence-electron chi connectivity index (χ4n) is 1.45. The zero-order valence-electron chi connectivity index (χ0n) is 9.95. The molecule has 0 fully saturated rings. The van der Waals surface area contributed by atoms with Crippen molar-refractivity contribution in [2.45, 2.75) is 46.5 Å². The second-order valence-electron chi connectivity index (χ2n) is 4.00. The maximum Gasteiger partial charge on any atom is 0.150 e.